The summed E-state index contributed by atoms with van der Waals surface area (Å²) in [4.78, 5) is 3.96. The van der Waals surface area contributed by atoms with E-state index in [0.29, 0.717) is 0 Å². The van der Waals surface area contributed by atoms with Crippen molar-refractivity contribution >= 4 is 0 Å². The highest BCUT2D eigenvalue weighted by atomic mass is 16.3. The molecule has 1 aromatic rings. The molecule has 1 unspecified atom stereocenters. The van der Waals surface area contributed by atoms with Gasteiger partial charge in [-0.25, -0.2) is 4.98 Å². The summed E-state index contributed by atoms with van der Waals surface area (Å²) in [5.74, 6) is 0. The number of aliphatic hydroxyl groups excluding tert-OH is 1. The molecule has 0 radical (unpaired) electrons. The van der Waals surface area contributed by atoms with E-state index in [2.05, 4.69) is 18.5 Å². The lowest BCUT2D eigenvalue weighted by Gasteiger charge is -2.08. The van der Waals surface area contributed by atoms with Crippen LogP contribution < -0.4 is 0 Å². The van der Waals surface area contributed by atoms with Gasteiger partial charge in [-0.2, -0.15) is 0 Å². The Labute approximate surface area is 72.4 Å². The molecule has 0 saturated carbocycles. The molecule has 0 aliphatic carbocycles. The zero-order valence-corrected chi connectivity index (χ0v) is 7.27. The molecule has 1 N–H and O–H groups in total. The van der Waals surface area contributed by atoms with Crippen LogP contribution in [-0.2, 0) is 6.54 Å². The predicted molar refractivity (Wildman–Crippen MR) is 47.7 cm³/mol. The monoisotopic (exact) mass is 166 g/mol. The van der Waals surface area contributed by atoms with Crippen LogP contribution in [0.3, 0.4) is 0 Å². The Morgan fingerprint density at radius 1 is 1.83 bits per heavy atom. The summed E-state index contributed by atoms with van der Waals surface area (Å²) >= 11 is 0. The van der Waals surface area contributed by atoms with E-state index in [1.807, 2.05) is 4.57 Å². The molecule has 0 aliphatic heterocycles. The highest BCUT2D eigenvalue weighted by Crippen LogP contribution is 2.12. The third-order valence-electron chi connectivity index (χ3n) is 1.74. The van der Waals surface area contributed by atoms with Crippen LogP contribution in [0, 0.1) is 0 Å². The summed E-state index contributed by atoms with van der Waals surface area (Å²) in [6.45, 7) is 6.50. The van der Waals surface area contributed by atoms with E-state index in [1.165, 1.54) is 6.08 Å². The van der Waals surface area contributed by atoms with Crippen LogP contribution in [-0.4, -0.2) is 14.7 Å². The van der Waals surface area contributed by atoms with Crippen molar-refractivity contribution in [1.29, 1.82) is 0 Å². The molecular formula is C9H14N2O. The number of rotatable bonds is 4. The predicted octanol–water partition coefficient (Wildman–Crippen LogP) is 1.51. The molecule has 0 bridgehead atoms. The highest BCUT2D eigenvalue weighted by Gasteiger charge is 2.07. The van der Waals surface area contributed by atoms with Crippen LogP contribution in [0.5, 0.6) is 0 Å². The van der Waals surface area contributed by atoms with Crippen LogP contribution in [0.1, 0.15) is 25.1 Å². The number of hydrogen-bond acceptors (Lipinski definition) is 2. The van der Waals surface area contributed by atoms with Gasteiger partial charge in [0.05, 0.1) is 18.2 Å². The molecule has 1 aromatic heterocycles. The number of nitrogens with zero attached hydrogens (tertiary/aromatic N) is 2. The maximum Gasteiger partial charge on any atom is 0.113 e. The van der Waals surface area contributed by atoms with Gasteiger partial charge in [0.25, 0.3) is 0 Å². The van der Waals surface area contributed by atoms with Gasteiger partial charge in [-0.05, 0) is 6.42 Å². The van der Waals surface area contributed by atoms with Crippen molar-refractivity contribution in [3.63, 3.8) is 0 Å². The lowest BCUT2D eigenvalue weighted by Crippen LogP contribution is -2.04. The first kappa shape index (κ1) is 9.00. The molecule has 3 nitrogen and oxygen atoms in total. The van der Waals surface area contributed by atoms with E-state index in [-0.39, 0.29) is 0 Å². The molecule has 12 heavy (non-hydrogen) atoms. The van der Waals surface area contributed by atoms with Crippen LogP contribution in [0.2, 0.25) is 0 Å². The minimum absolute atomic E-state index is 0.598. The lowest BCUT2D eigenvalue weighted by atomic mass is 10.2. The van der Waals surface area contributed by atoms with E-state index in [1.54, 1.807) is 12.5 Å². The van der Waals surface area contributed by atoms with Gasteiger partial charge in [-0.15, -0.1) is 6.58 Å². The van der Waals surface area contributed by atoms with Gasteiger partial charge in [0.1, 0.15) is 6.10 Å². The highest BCUT2D eigenvalue weighted by molar-refractivity contribution is 5.07. The van der Waals surface area contributed by atoms with Crippen LogP contribution >= 0.6 is 0 Å². The van der Waals surface area contributed by atoms with Gasteiger partial charge in [0, 0.05) is 6.54 Å². The Kier molecular flexibility index (Phi) is 3.05. The van der Waals surface area contributed by atoms with Crippen molar-refractivity contribution in [3.05, 3.63) is 30.9 Å². The number of hydrogen-bond donors (Lipinski definition) is 1. The molecule has 1 heterocycles. The second-order valence-electron chi connectivity index (χ2n) is 2.69. The summed E-state index contributed by atoms with van der Waals surface area (Å²) in [5.41, 5.74) is 0.812. The van der Waals surface area contributed by atoms with Crippen LogP contribution in [0.4, 0.5) is 0 Å². The molecule has 0 fully saturated rings. The Balaban J connectivity index is 2.82. The van der Waals surface area contributed by atoms with E-state index in [0.717, 1.165) is 18.7 Å². The minimum Gasteiger partial charge on any atom is -0.383 e. The second-order valence-corrected chi connectivity index (χ2v) is 2.69. The first-order chi connectivity index (χ1) is 5.79. The van der Waals surface area contributed by atoms with Gasteiger partial charge < -0.3 is 9.67 Å². The summed E-state index contributed by atoms with van der Waals surface area (Å²) in [6.07, 6.45) is 5.34. The SMILES string of the molecule is C=CC(O)c1cncn1CCC. The molecule has 1 atom stereocenters. The summed E-state index contributed by atoms with van der Waals surface area (Å²) in [7, 11) is 0. The van der Waals surface area contributed by atoms with E-state index >= 15 is 0 Å². The van der Waals surface area contributed by atoms with Gasteiger partial charge in [0.2, 0.25) is 0 Å². The molecule has 0 spiro atoms. The maximum absolute atomic E-state index is 9.45. The quantitative estimate of drug-likeness (QED) is 0.688. The third kappa shape index (κ3) is 1.74. The number of aromatic nitrogens is 2. The molecule has 1 rings (SSSR count). The number of imidazole rings is 1. The summed E-state index contributed by atoms with van der Waals surface area (Å²) < 4.78 is 1.94. The normalized spacial score (nSPS) is 12.8. The van der Waals surface area contributed by atoms with Crippen molar-refractivity contribution in [2.45, 2.75) is 26.0 Å². The number of aryl methyl sites for hydroxylation is 1. The van der Waals surface area contributed by atoms with Crippen molar-refractivity contribution in [1.82, 2.24) is 9.55 Å². The van der Waals surface area contributed by atoms with E-state index < -0.39 is 6.10 Å². The van der Waals surface area contributed by atoms with Gasteiger partial charge in [-0.1, -0.05) is 13.0 Å². The van der Waals surface area contributed by atoms with Crippen molar-refractivity contribution in [2.24, 2.45) is 0 Å². The fourth-order valence-corrected chi connectivity index (χ4v) is 1.13. The number of aliphatic hydroxyl groups is 1. The average molecular weight is 166 g/mol. The van der Waals surface area contributed by atoms with Crippen molar-refractivity contribution in [2.75, 3.05) is 0 Å². The molecule has 0 aliphatic rings. The Bertz CT molecular complexity index is 255. The zero-order chi connectivity index (χ0) is 8.97. The van der Waals surface area contributed by atoms with E-state index in [4.69, 9.17) is 0 Å². The van der Waals surface area contributed by atoms with Gasteiger partial charge >= 0.3 is 0 Å². The summed E-state index contributed by atoms with van der Waals surface area (Å²) in [6, 6.07) is 0. The fraction of sp³-hybridized carbons (Fsp3) is 0.444. The van der Waals surface area contributed by atoms with Gasteiger partial charge in [-0.3, -0.25) is 0 Å². The first-order valence-corrected chi connectivity index (χ1v) is 4.10. The fourth-order valence-electron chi connectivity index (χ4n) is 1.13. The molecule has 66 valence electrons. The second kappa shape index (κ2) is 4.07. The van der Waals surface area contributed by atoms with E-state index in [9.17, 15) is 5.11 Å². The standard InChI is InChI=1S/C9H14N2O/c1-3-5-11-7-10-6-8(11)9(12)4-2/h4,6-7,9,12H,2-3,5H2,1H3. The Morgan fingerprint density at radius 3 is 3.17 bits per heavy atom. The van der Waals surface area contributed by atoms with Crippen LogP contribution in [0.15, 0.2) is 25.2 Å². The molecule has 0 aromatic carbocycles. The molecule has 0 saturated heterocycles. The Morgan fingerprint density at radius 2 is 2.58 bits per heavy atom. The topological polar surface area (TPSA) is 38.1 Å². The third-order valence-corrected chi connectivity index (χ3v) is 1.74. The minimum atomic E-state index is -0.598. The smallest absolute Gasteiger partial charge is 0.113 e. The first-order valence-electron chi connectivity index (χ1n) is 4.10. The maximum atomic E-state index is 9.45. The van der Waals surface area contributed by atoms with Crippen LogP contribution in [0.25, 0.3) is 0 Å². The zero-order valence-electron chi connectivity index (χ0n) is 7.27. The van der Waals surface area contributed by atoms with Crippen molar-refractivity contribution < 1.29 is 5.11 Å². The Hall–Kier alpha value is -1.09. The molecular weight excluding hydrogens is 152 g/mol. The molecule has 0 amide bonds. The average Bonchev–Trinajstić information content (AvgIpc) is 2.52. The molecule has 3 heteroatoms. The van der Waals surface area contributed by atoms with Crippen molar-refractivity contribution in [3.8, 4) is 0 Å². The largest absolute Gasteiger partial charge is 0.383 e. The lowest BCUT2D eigenvalue weighted by molar-refractivity contribution is 0.218. The van der Waals surface area contributed by atoms with Gasteiger partial charge in [0.15, 0.2) is 0 Å². The summed E-state index contributed by atoms with van der Waals surface area (Å²) in [5, 5.41) is 9.45.